The topological polar surface area (TPSA) is 60.8 Å². The van der Waals surface area contributed by atoms with E-state index in [-0.39, 0.29) is 17.8 Å². The van der Waals surface area contributed by atoms with Gasteiger partial charge in [-0.2, -0.15) is 0 Å². The summed E-state index contributed by atoms with van der Waals surface area (Å²) in [6, 6.07) is 0. The quantitative estimate of drug-likeness (QED) is 0.760. The summed E-state index contributed by atoms with van der Waals surface area (Å²) in [7, 11) is -1.40. The Morgan fingerprint density at radius 3 is 2.53 bits per heavy atom. The van der Waals surface area contributed by atoms with Gasteiger partial charge < -0.3 is 14.9 Å². The summed E-state index contributed by atoms with van der Waals surface area (Å²) >= 11 is 0. The Kier molecular flexibility index (Phi) is 5.28. The van der Waals surface area contributed by atoms with Crippen LogP contribution in [0.3, 0.4) is 0 Å². The number of amides is 1. The first-order valence-electron chi connectivity index (χ1n) is 7.76. The fraction of sp³-hybridized carbons (Fsp3) is 0.929. The summed E-state index contributed by atoms with van der Waals surface area (Å²) in [5.41, 5.74) is 0. The van der Waals surface area contributed by atoms with E-state index in [1.54, 1.807) is 4.90 Å². The van der Waals surface area contributed by atoms with Gasteiger partial charge in [0.05, 0.1) is 5.94 Å². The van der Waals surface area contributed by atoms with Crippen LogP contribution in [0.5, 0.6) is 0 Å². The lowest BCUT2D eigenvalue weighted by Crippen LogP contribution is -2.47. The van der Waals surface area contributed by atoms with Crippen LogP contribution in [0.15, 0.2) is 0 Å². The van der Waals surface area contributed by atoms with Gasteiger partial charge in [0.15, 0.2) is 0 Å². The molecule has 0 radical (unpaired) electrons. The molecule has 0 bridgehead atoms. The van der Waals surface area contributed by atoms with Gasteiger partial charge in [-0.15, -0.1) is 0 Å². The highest BCUT2D eigenvalue weighted by Crippen LogP contribution is 2.30. The van der Waals surface area contributed by atoms with Crippen LogP contribution in [-0.2, 0) is 4.79 Å². The molecule has 2 aliphatic rings. The molecule has 0 aromatic heterocycles. The highest BCUT2D eigenvalue weighted by molar-refractivity contribution is 6.43. The molecule has 0 aromatic carbocycles. The van der Waals surface area contributed by atoms with E-state index < -0.39 is 7.12 Å². The van der Waals surface area contributed by atoms with E-state index in [1.165, 1.54) is 32.1 Å². The molecule has 0 aromatic rings. The molecule has 1 aliphatic heterocycles. The van der Waals surface area contributed by atoms with E-state index in [0.29, 0.717) is 18.9 Å². The van der Waals surface area contributed by atoms with E-state index in [0.717, 1.165) is 12.8 Å². The van der Waals surface area contributed by atoms with Crippen molar-refractivity contribution in [2.24, 2.45) is 11.8 Å². The van der Waals surface area contributed by atoms with Crippen molar-refractivity contribution in [1.82, 2.24) is 4.90 Å². The fourth-order valence-corrected chi connectivity index (χ4v) is 3.68. The Labute approximate surface area is 116 Å². The van der Waals surface area contributed by atoms with Crippen molar-refractivity contribution in [2.45, 2.75) is 64.2 Å². The summed E-state index contributed by atoms with van der Waals surface area (Å²) in [5.74, 6) is 0.428. The average molecular weight is 267 g/mol. The fourth-order valence-electron chi connectivity index (χ4n) is 3.68. The van der Waals surface area contributed by atoms with Gasteiger partial charge in [-0.1, -0.05) is 39.0 Å². The van der Waals surface area contributed by atoms with E-state index >= 15 is 0 Å². The number of rotatable bonds is 4. The van der Waals surface area contributed by atoms with Crippen LogP contribution < -0.4 is 0 Å². The smallest absolute Gasteiger partial charge is 0.426 e. The van der Waals surface area contributed by atoms with Crippen molar-refractivity contribution in [3.05, 3.63) is 0 Å². The Morgan fingerprint density at radius 2 is 1.89 bits per heavy atom. The first-order chi connectivity index (χ1) is 9.09. The largest absolute Gasteiger partial charge is 0.475 e. The SMILES string of the molecule is C[C@@H](CC1CCCCC1)C(=O)N1CCC[C@H]1B(O)O. The van der Waals surface area contributed by atoms with Crippen molar-refractivity contribution in [3.63, 3.8) is 0 Å². The van der Waals surface area contributed by atoms with Gasteiger partial charge in [-0.3, -0.25) is 4.79 Å². The number of hydrogen-bond donors (Lipinski definition) is 2. The van der Waals surface area contributed by atoms with E-state index in [9.17, 15) is 14.8 Å². The third kappa shape index (κ3) is 3.73. The molecule has 2 N–H and O–H groups in total. The number of carbonyl (C=O) groups is 1. The average Bonchev–Trinajstić information content (AvgIpc) is 2.88. The van der Waals surface area contributed by atoms with E-state index in [1.807, 2.05) is 6.92 Å². The second-order valence-electron chi connectivity index (χ2n) is 6.30. The minimum absolute atomic E-state index is 0.0162. The van der Waals surface area contributed by atoms with Crippen LogP contribution in [0.25, 0.3) is 0 Å². The van der Waals surface area contributed by atoms with Crippen molar-refractivity contribution < 1.29 is 14.8 Å². The Hall–Kier alpha value is -0.545. The molecule has 5 heteroatoms. The number of carbonyl (C=O) groups excluding carboxylic acids is 1. The van der Waals surface area contributed by atoms with Crippen molar-refractivity contribution in [1.29, 1.82) is 0 Å². The second-order valence-corrected chi connectivity index (χ2v) is 6.30. The zero-order chi connectivity index (χ0) is 13.8. The molecule has 4 nitrogen and oxygen atoms in total. The van der Waals surface area contributed by atoms with Gasteiger partial charge in [0.2, 0.25) is 5.91 Å². The van der Waals surface area contributed by atoms with Crippen LogP contribution in [-0.4, -0.2) is 40.5 Å². The maximum atomic E-state index is 12.4. The lowest BCUT2D eigenvalue weighted by Gasteiger charge is -2.29. The summed E-state index contributed by atoms with van der Waals surface area (Å²) in [6.07, 6.45) is 8.99. The van der Waals surface area contributed by atoms with E-state index in [2.05, 4.69) is 0 Å². The van der Waals surface area contributed by atoms with Gasteiger partial charge in [-0.05, 0) is 25.2 Å². The third-order valence-corrected chi connectivity index (χ3v) is 4.76. The molecule has 0 unspecified atom stereocenters. The monoisotopic (exact) mass is 267 g/mol. The second kappa shape index (κ2) is 6.75. The first-order valence-corrected chi connectivity index (χ1v) is 7.76. The van der Waals surface area contributed by atoms with Gasteiger partial charge in [0.25, 0.3) is 0 Å². The molecule has 108 valence electrons. The minimum Gasteiger partial charge on any atom is -0.426 e. The van der Waals surface area contributed by atoms with Gasteiger partial charge in [0, 0.05) is 12.5 Å². The number of likely N-dealkylation sites (tertiary alicyclic amines) is 1. The molecule has 1 amide bonds. The van der Waals surface area contributed by atoms with E-state index in [4.69, 9.17) is 0 Å². The maximum absolute atomic E-state index is 12.4. The van der Waals surface area contributed by atoms with Crippen molar-refractivity contribution >= 4 is 13.0 Å². The summed E-state index contributed by atoms with van der Waals surface area (Å²) in [4.78, 5) is 14.1. The molecule has 0 spiro atoms. The van der Waals surface area contributed by atoms with Gasteiger partial charge >= 0.3 is 7.12 Å². The van der Waals surface area contributed by atoms with Gasteiger partial charge in [0.1, 0.15) is 0 Å². The molecular weight excluding hydrogens is 241 g/mol. The van der Waals surface area contributed by atoms with Crippen molar-refractivity contribution in [2.75, 3.05) is 6.54 Å². The van der Waals surface area contributed by atoms with Crippen LogP contribution >= 0.6 is 0 Å². The van der Waals surface area contributed by atoms with Crippen molar-refractivity contribution in [3.8, 4) is 0 Å². The predicted molar refractivity (Wildman–Crippen MR) is 75.3 cm³/mol. The lowest BCUT2D eigenvalue weighted by molar-refractivity contribution is -0.135. The minimum atomic E-state index is -1.40. The standard InChI is InChI=1S/C14H26BNO3/c1-11(10-12-6-3-2-4-7-12)14(17)16-9-5-8-13(16)15(18)19/h11-13,18-19H,2-10H2,1H3/t11-,13-/m0/s1. The molecule has 2 rings (SSSR count). The number of hydrogen-bond acceptors (Lipinski definition) is 3. The molecule has 1 saturated carbocycles. The summed E-state index contributed by atoms with van der Waals surface area (Å²) in [5, 5.41) is 18.7. The van der Waals surface area contributed by atoms with Gasteiger partial charge in [-0.25, -0.2) is 0 Å². The van der Waals surface area contributed by atoms with Crippen LogP contribution in [0.1, 0.15) is 58.3 Å². The Bertz CT molecular complexity index is 305. The molecule has 2 atom stereocenters. The Balaban J connectivity index is 1.87. The molecule has 19 heavy (non-hydrogen) atoms. The zero-order valence-electron chi connectivity index (χ0n) is 11.9. The normalized spacial score (nSPS) is 26.5. The van der Waals surface area contributed by atoms with Crippen LogP contribution in [0.2, 0.25) is 0 Å². The first kappa shape index (κ1) is 14.9. The molecule has 1 heterocycles. The molecule has 2 fully saturated rings. The highest BCUT2D eigenvalue weighted by Gasteiger charge is 2.38. The zero-order valence-corrected chi connectivity index (χ0v) is 11.9. The summed E-state index contributed by atoms with van der Waals surface area (Å²) in [6.45, 7) is 2.67. The molecule has 1 saturated heterocycles. The highest BCUT2D eigenvalue weighted by atomic mass is 16.4. The Morgan fingerprint density at radius 1 is 1.21 bits per heavy atom. The predicted octanol–water partition coefficient (Wildman–Crippen LogP) is 1.60. The van der Waals surface area contributed by atoms with Crippen LogP contribution in [0, 0.1) is 11.8 Å². The molecule has 1 aliphatic carbocycles. The lowest BCUT2D eigenvalue weighted by atomic mass is 9.77. The third-order valence-electron chi connectivity index (χ3n) is 4.76. The number of nitrogens with zero attached hydrogens (tertiary/aromatic N) is 1. The maximum Gasteiger partial charge on any atom is 0.475 e. The molecular formula is C14H26BNO3. The summed E-state index contributed by atoms with van der Waals surface area (Å²) < 4.78 is 0. The van der Waals surface area contributed by atoms with Crippen LogP contribution in [0.4, 0.5) is 0 Å².